The number of halogens is 2. The van der Waals surface area contributed by atoms with Gasteiger partial charge in [0.15, 0.2) is 0 Å². The highest BCUT2D eigenvalue weighted by atomic mass is 35.5. The molecule has 0 bridgehead atoms. The lowest BCUT2D eigenvalue weighted by atomic mass is 9.81. The lowest BCUT2D eigenvalue weighted by Crippen LogP contribution is -2.38. The van der Waals surface area contributed by atoms with Gasteiger partial charge in [-0.15, -0.1) is 0 Å². The number of benzene rings is 1. The summed E-state index contributed by atoms with van der Waals surface area (Å²) in [5.41, 5.74) is 0.359. The Kier molecular flexibility index (Phi) is 5.44. The fourth-order valence-electron chi connectivity index (χ4n) is 1.87. The minimum atomic E-state index is -0.712. The molecule has 1 aromatic carbocycles. The lowest BCUT2D eigenvalue weighted by Gasteiger charge is -2.25. The second-order valence-corrected chi connectivity index (χ2v) is 6.67. The summed E-state index contributed by atoms with van der Waals surface area (Å²) >= 11 is 12.0. The van der Waals surface area contributed by atoms with E-state index in [9.17, 15) is 4.79 Å². The predicted molar refractivity (Wildman–Crippen MR) is 81.6 cm³/mol. The van der Waals surface area contributed by atoms with Gasteiger partial charge in [-0.05, 0) is 30.0 Å². The number of hydrogen-bond donors (Lipinski definition) is 1. The van der Waals surface area contributed by atoms with E-state index in [4.69, 9.17) is 28.5 Å². The topological polar surface area (TPSA) is 52.9 Å². The molecular formula is C15H18Cl2N2O. The second-order valence-electron chi connectivity index (χ2n) is 5.82. The summed E-state index contributed by atoms with van der Waals surface area (Å²) in [5.74, 6) is -1.01. The van der Waals surface area contributed by atoms with Gasteiger partial charge in [-0.1, -0.05) is 50.0 Å². The van der Waals surface area contributed by atoms with Crippen LogP contribution in [0.2, 0.25) is 10.0 Å². The summed E-state index contributed by atoms with van der Waals surface area (Å²) < 4.78 is 0. The third kappa shape index (κ3) is 4.13. The van der Waals surface area contributed by atoms with Crippen LogP contribution in [0.5, 0.6) is 0 Å². The third-order valence-corrected chi connectivity index (χ3v) is 3.61. The van der Waals surface area contributed by atoms with Gasteiger partial charge in [-0.3, -0.25) is 4.79 Å². The van der Waals surface area contributed by atoms with Crippen molar-refractivity contribution < 1.29 is 4.79 Å². The Labute approximate surface area is 129 Å². The van der Waals surface area contributed by atoms with Gasteiger partial charge in [0.05, 0.1) is 12.1 Å². The van der Waals surface area contributed by atoms with Crippen molar-refractivity contribution in [1.82, 2.24) is 5.32 Å². The Morgan fingerprint density at radius 1 is 1.35 bits per heavy atom. The maximum absolute atomic E-state index is 12.2. The second kappa shape index (κ2) is 6.47. The van der Waals surface area contributed by atoms with Crippen molar-refractivity contribution in [3.63, 3.8) is 0 Å². The number of nitrogens with zero attached hydrogens (tertiary/aromatic N) is 1. The van der Waals surface area contributed by atoms with Gasteiger partial charge in [0, 0.05) is 10.0 Å². The highest BCUT2D eigenvalue weighted by molar-refractivity contribution is 6.35. The number of rotatable bonds is 3. The number of amides is 1. The molecule has 0 heterocycles. The fraction of sp³-hybridized carbons (Fsp3) is 0.467. The van der Waals surface area contributed by atoms with Gasteiger partial charge in [0.25, 0.3) is 0 Å². The number of nitriles is 1. The molecule has 1 aromatic rings. The van der Waals surface area contributed by atoms with Gasteiger partial charge >= 0.3 is 0 Å². The zero-order chi connectivity index (χ0) is 15.5. The molecule has 0 unspecified atom stereocenters. The SMILES string of the molecule is C[C@@H](NC(=O)[C@@H](C#N)C(C)(C)C)c1ccc(Cl)cc1Cl. The molecule has 0 fully saturated rings. The molecule has 1 N–H and O–H groups in total. The van der Waals surface area contributed by atoms with E-state index in [1.165, 1.54) is 0 Å². The van der Waals surface area contributed by atoms with Crippen molar-refractivity contribution in [3.8, 4) is 6.07 Å². The Balaban J connectivity index is 2.88. The van der Waals surface area contributed by atoms with E-state index < -0.39 is 11.3 Å². The Bertz CT molecular complexity index is 544. The van der Waals surface area contributed by atoms with Crippen molar-refractivity contribution in [2.75, 3.05) is 0 Å². The normalized spacial score (nSPS) is 14.2. The van der Waals surface area contributed by atoms with Gasteiger partial charge in [0.2, 0.25) is 5.91 Å². The molecule has 1 rings (SSSR count). The first-order valence-electron chi connectivity index (χ1n) is 6.31. The first kappa shape index (κ1) is 16.8. The monoisotopic (exact) mass is 312 g/mol. The molecule has 0 aliphatic rings. The zero-order valence-electron chi connectivity index (χ0n) is 12.0. The lowest BCUT2D eigenvalue weighted by molar-refractivity contribution is -0.126. The van der Waals surface area contributed by atoms with Gasteiger partial charge in [-0.2, -0.15) is 5.26 Å². The summed E-state index contributed by atoms with van der Waals surface area (Å²) in [6.45, 7) is 7.41. The maximum Gasteiger partial charge on any atom is 0.238 e. The van der Waals surface area contributed by atoms with Crippen molar-refractivity contribution in [2.24, 2.45) is 11.3 Å². The van der Waals surface area contributed by atoms with Gasteiger partial charge < -0.3 is 5.32 Å². The average Bonchev–Trinajstić information content (AvgIpc) is 2.27. The van der Waals surface area contributed by atoms with Crippen LogP contribution in [-0.2, 0) is 4.79 Å². The van der Waals surface area contributed by atoms with Crippen LogP contribution in [0.15, 0.2) is 18.2 Å². The van der Waals surface area contributed by atoms with Crippen LogP contribution in [0.1, 0.15) is 39.3 Å². The molecule has 20 heavy (non-hydrogen) atoms. The molecule has 0 saturated heterocycles. The van der Waals surface area contributed by atoms with Crippen LogP contribution >= 0.6 is 23.2 Å². The molecule has 108 valence electrons. The average molecular weight is 313 g/mol. The van der Waals surface area contributed by atoms with E-state index in [0.717, 1.165) is 5.56 Å². The summed E-state index contributed by atoms with van der Waals surface area (Å²) in [6.07, 6.45) is 0. The van der Waals surface area contributed by atoms with Crippen LogP contribution in [0.4, 0.5) is 0 Å². The molecule has 0 spiro atoms. The van der Waals surface area contributed by atoms with E-state index in [1.807, 2.05) is 27.7 Å². The van der Waals surface area contributed by atoms with Crippen molar-refractivity contribution >= 4 is 29.1 Å². The first-order chi connectivity index (χ1) is 9.16. The van der Waals surface area contributed by atoms with E-state index >= 15 is 0 Å². The van der Waals surface area contributed by atoms with Crippen molar-refractivity contribution in [1.29, 1.82) is 5.26 Å². The standard InChI is InChI=1S/C15H18Cl2N2O/c1-9(11-6-5-10(16)7-13(11)17)19-14(20)12(8-18)15(2,3)4/h5-7,9,12H,1-4H3,(H,19,20)/t9-,12-/m1/s1. The van der Waals surface area contributed by atoms with Crippen LogP contribution in [0, 0.1) is 22.7 Å². The molecule has 0 aliphatic carbocycles. The Hall–Kier alpha value is -1.24. The van der Waals surface area contributed by atoms with E-state index in [0.29, 0.717) is 10.0 Å². The minimum Gasteiger partial charge on any atom is -0.348 e. The molecule has 2 atom stereocenters. The number of carbonyl (C=O) groups excluding carboxylic acids is 1. The maximum atomic E-state index is 12.2. The molecule has 5 heteroatoms. The smallest absolute Gasteiger partial charge is 0.238 e. The van der Waals surface area contributed by atoms with Crippen molar-refractivity contribution in [2.45, 2.75) is 33.7 Å². The predicted octanol–water partition coefficient (Wildman–Crippen LogP) is 4.36. The molecule has 0 aliphatic heterocycles. The number of hydrogen-bond acceptors (Lipinski definition) is 2. The van der Waals surface area contributed by atoms with E-state index in [-0.39, 0.29) is 11.9 Å². The highest BCUT2D eigenvalue weighted by Gasteiger charge is 2.32. The summed E-state index contributed by atoms with van der Waals surface area (Å²) in [6, 6.07) is 6.89. The van der Waals surface area contributed by atoms with Gasteiger partial charge in [-0.25, -0.2) is 0 Å². The number of nitrogens with one attached hydrogen (secondary N) is 1. The number of carbonyl (C=O) groups is 1. The quantitative estimate of drug-likeness (QED) is 0.901. The summed E-state index contributed by atoms with van der Waals surface area (Å²) in [4.78, 5) is 12.2. The highest BCUT2D eigenvalue weighted by Crippen LogP contribution is 2.29. The van der Waals surface area contributed by atoms with Crippen molar-refractivity contribution in [3.05, 3.63) is 33.8 Å². The molecule has 0 saturated carbocycles. The van der Waals surface area contributed by atoms with E-state index in [2.05, 4.69) is 11.4 Å². The van der Waals surface area contributed by atoms with Crippen LogP contribution in [0.25, 0.3) is 0 Å². The largest absolute Gasteiger partial charge is 0.348 e. The van der Waals surface area contributed by atoms with E-state index in [1.54, 1.807) is 18.2 Å². The Morgan fingerprint density at radius 2 is 1.95 bits per heavy atom. The molecule has 3 nitrogen and oxygen atoms in total. The fourth-order valence-corrected chi connectivity index (χ4v) is 2.44. The zero-order valence-corrected chi connectivity index (χ0v) is 13.5. The minimum absolute atomic E-state index is 0.287. The first-order valence-corrected chi connectivity index (χ1v) is 7.07. The molecular weight excluding hydrogens is 295 g/mol. The van der Waals surface area contributed by atoms with Gasteiger partial charge in [0.1, 0.15) is 5.92 Å². The Morgan fingerprint density at radius 3 is 2.40 bits per heavy atom. The molecule has 0 aromatic heterocycles. The van der Waals surface area contributed by atoms with Crippen LogP contribution < -0.4 is 5.32 Å². The van der Waals surface area contributed by atoms with Crippen LogP contribution in [-0.4, -0.2) is 5.91 Å². The summed E-state index contributed by atoms with van der Waals surface area (Å²) in [5, 5.41) is 13.0. The third-order valence-electron chi connectivity index (χ3n) is 3.05. The summed E-state index contributed by atoms with van der Waals surface area (Å²) in [7, 11) is 0. The molecule has 1 amide bonds. The molecule has 0 radical (unpaired) electrons. The van der Waals surface area contributed by atoms with Crippen LogP contribution in [0.3, 0.4) is 0 Å².